The Bertz CT molecular complexity index is 1220. The number of aliphatic hydroxyl groups excluding tert-OH is 3. The average Bonchev–Trinajstić information content (AvgIpc) is 3.50. The number of thiazole rings is 1. The lowest BCUT2D eigenvalue weighted by molar-refractivity contribution is 0.00446. The van der Waals surface area contributed by atoms with Gasteiger partial charge in [0.2, 0.25) is 11.8 Å². The second-order valence-corrected chi connectivity index (χ2v) is 10.5. The van der Waals surface area contributed by atoms with Crippen molar-refractivity contribution in [3.05, 3.63) is 17.5 Å². The third-order valence-corrected chi connectivity index (χ3v) is 7.75. The zero-order valence-corrected chi connectivity index (χ0v) is 21.0. The van der Waals surface area contributed by atoms with E-state index in [0.717, 1.165) is 38.7 Å². The lowest BCUT2D eigenvalue weighted by Crippen LogP contribution is -2.35. The van der Waals surface area contributed by atoms with Crippen molar-refractivity contribution in [1.82, 2.24) is 19.9 Å². The number of fused-ring (bicyclic) bond motifs is 1. The van der Waals surface area contributed by atoms with Gasteiger partial charge >= 0.3 is 0 Å². The number of aryl methyl sites for hydroxylation is 2. The van der Waals surface area contributed by atoms with Crippen LogP contribution in [-0.4, -0.2) is 73.3 Å². The summed E-state index contributed by atoms with van der Waals surface area (Å²) in [6.07, 6.45) is 0.838. The van der Waals surface area contributed by atoms with E-state index in [9.17, 15) is 15.3 Å². The van der Waals surface area contributed by atoms with Gasteiger partial charge in [0, 0.05) is 25.1 Å². The van der Waals surface area contributed by atoms with Gasteiger partial charge in [-0.05, 0) is 46.0 Å². The molecule has 3 aromatic heterocycles. The fourth-order valence-electron chi connectivity index (χ4n) is 4.57. The number of nitrogens with zero attached hydrogens (tertiary/aromatic N) is 4. The van der Waals surface area contributed by atoms with Crippen LogP contribution in [0.1, 0.15) is 37.6 Å². The van der Waals surface area contributed by atoms with Crippen molar-refractivity contribution in [1.29, 1.82) is 0 Å². The fourth-order valence-corrected chi connectivity index (χ4v) is 5.72. The molecule has 3 aromatic rings. The number of rotatable bonds is 9. The molecule has 10 nitrogen and oxygen atoms in total. The highest BCUT2D eigenvalue weighted by Crippen LogP contribution is 2.39. The Hall–Kier alpha value is -2.60. The topological polar surface area (TPSA) is 146 Å². The number of aromatic nitrogens is 4. The summed E-state index contributed by atoms with van der Waals surface area (Å²) in [7, 11) is 0. The van der Waals surface area contributed by atoms with Crippen molar-refractivity contribution in [3.63, 3.8) is 0 Å². The normalized spacial score (nSPS) is 24.2. The first-order valence-electron chi connectivity index (χ1n) is 12.1. The van der Waals surface area contributed by atoms with Crippen LogP contribution in [0.15, 0.2) is 6.07 Å². The predicted molar refractivity (Wildman–Crippen MR) is 135 cm³/mol. The van der Waals surface area contributed by atoms with Crippen molar-refractivity contribution in [2.24, 2.45) is 11.8 Å². The van der Waals surface area contributed by atoms with Crippen LogP contribution in [0.25, 0.3) is 20.8 Å². The lowest BCUT2D eigenvalue weighted by Gasteiger charge is -2.21. The van der Waals surface area contributed by atoms with Crippen LogP contribution < -0.4 is 15.4 Å². The maximum absolute atomic E-state index is 10.6. The average molecular weight is 501 g/mol. The minimum absolute atomic E-state index is 0.188. The van der Waals surface area contributed by atoms with Crippen LogP contribution >= 0.6 is 11.3 Å². The van der Waals surface area contributed by atoms with E-state index in [-0.39, 0.29) is 6.61 Å². The van der Waals surface area contributed by atoms with E-state index in [4.69, 9.17) is 19.7 Å². The van der Waals surface area contributed by atoms with Crippen molar-refractivity contribution < 1.29 is 20.1 Å². The predicted octanol–water partition coefficient (Wildman–Crippen LogP) is 2.50. The van der Waals surface area contributed by atoms with E-state index < -0.39 is 24.2 Å². The molecule has 3 heterocycles. The Labute approximate surface area is 207 Å². The molecule has 2 saturated carbocycles. The summed E-state index contributed by atoms with van der Waals surface area (Å²) in [5.41, 5.74) is 3.08. The zero-order chi connectivity index (χ0) is 24.7. The number of hydrogen-bond acceptors (Lipinski definition) is 11. The number of nitrogens with one attached hydrogen (secondary N) is 2. The van der Waals surface area contributed by atoms with Gasteiger partial charge < -0.3 is 30.7 Å². The maximum Gasteiger partial charge on any atom is 0.224 e. The van der Waals surface area contributed by atoms with Gasteiger partial charge in [0.15, 0.2) is 0 Å². The zero-order valence-electron chi connectivity index (χ0n) is 20.2. The Balaban J connectivity index is 1.54. The van der Waals surface area contributed by atoms with Crippen molar-refractivity contribution >= 4 is 33.3 Å². The molecule has 0 aromatic carbocycles. The van der Waals surface area contributed by atoms with Crippen molar-refractivity contribution in [2.75, 3.05) is 30.4 Å². The van der Waals surface area contributed by atoms with Crippen molar-refractivity contribution in [3.8, 4) is 16.5 Å². The highest BCUT2D eigenvalue weighted by molar-refractivity contribution is 7.21. The second kappa shape index (κ2) is 9.81. The molecule has 35 heavy (non-hydrogen) atoms. The molecular formula is C24H32N6O4S. The van der Waals surface area contributed by atoms with E-state index in [1.165, 1.54) is 24.2 Å². The first-order valence-corrected chi connectivity index (χ1v) is 13.0. The molecule has 0 aliphatic heterocycles. The minimum atomic E-state index is -1.02. The third-order valence-electron chi connectivity index (χ3n) is 6.73. The highest BCUT2D eigenvalue weighted by atomic mass is 32.1. The molecule has 4 atom stereocenters. The number of anilines is 2. The van der Waals surface area contributed by atoms with Crippen LogP contribution in [0.3, 0.4) is 0 Å². The molecule has 11 heteroatoms. The lowest BCUT2D eigenvalue weighted by atomic mass is 10.1. The maximum atomic E-state index is 10.6. The molecule has 0 saturated heterocycles. The fraction of sp³-hybridized carbons (Fsp3) is 0.583. The molecule has 2 fully saturated rings. The quantitative estimate of drug-likeness (QED) is 0.297. The third kappa shape index (κ3) is 4.90. The Morgan fingerprint density at radius 3 is 2.57 bits per heavy atom. The molecule has 5 N–H and O–H groups in total. The van der Waals surface area contributed by atoms with Gasteiger partial charge in [-0.25, -0.2) is 15.0 Å². The van der Waals surface area contributed by atoms with E-state index in [1.54, 1.807) is 0 Å². The second-order valence-electron chi connectivity index (χ2n) is 9.44. The Kier molecular flexibility index (Phi) is 6.75. The van der Waals surface area contributed by atoms with Crippen LogP contribution in [0.5, 0.6) is 5.88 Å². The van der Waals surface area contributed by atoms with Gasteiger partial charge in [-0.3, -0.25) is 0 Å². The molecule has 0 radical (unpaired) electrons. The summed E-state index contributed by atoms with van der Waals surface area (Å²) in [5, 5.41) is 37.9. The first-order chi connectivity index (χ1) is 16.9. The molecule has 188 valence electrons. The van der Waals surface area contributed by atoms with Crippen LogP contribution in [0.2, 0.25) is 0 Å². The van der Waals surface area contributed by atoms with Gasteiger partial charge in [0.05, 0.1) is 40.4 Å². The largest absolute Gasteiger partial charge is 0.478 e. The smallest absolute Gasteiger partial charge is 0.224 e. The molecule has 2 aliphatic rings. The van der Waals surface area contributed by atoms with Gasteiger partial charge in [0.25, 0.3) is 0 Å². The summed E-state index contributed by atoms with van der Waals surface area (Å²) in [5.74, 6) is 1.89. The van der Waals surface area contributed by atoms with Gasteiger partial charge in [-0.1, -0.05) is 0 Å². The van der Waals surface area contributed by atoms with Gasteiger partial charge in [0.1, 0.15) is 22.4 Å². The molecule has 0 amide bonds. The summed E-state index contributed by atoms with van der Waals surface area (Å²) in [4.78, 5) is 18.8. The molecule has 0 unspecified atom stereocenters. The number of aliphatic hydroxyl groups is 3. The SMILES string of the molecule is CCOc1cc2sc(-c3c(C)nc(NCC4CC4)nc3N[C@@H]3C[C@H](CO)[C@@H](O)[C@H]3O)nc2c(C)n1. The number of ether oxygens (including phenoxy) is 1. The standard InChI is InChI=1S/C24H32N6O4S/c1-4-34-17-8-16-19(12(3)26-17)29-23(35-16)18-11(2)27-24(25-9-13-5-6-13)30-22(18)28-15-7-14(10-31)20(32)21(15)33/h8,13-15,20-21,31-33H,4-7,9-10H2,1-3H3,(H2,25,27,28,30)/t14-,15-,20-,21+/m1/s1. The number of hydrogen-bond donors (Lipinski definition) is 5. The highest BCUT2D eigenvalue weighted by Gasteiger charge is 2.41. The molecule has 2 aliphatic carbocycles. The monoisotopic (exact) mass is 500 g/mol. The summed E-state index contributed by atoms with van der Waals surface area (Å²) in [6.45, 7) is 6.92. The number of pyridine rings is 1. The van der Waals surface area contributed by atoms with Crippen LogP contribution in [-0.2, 0) is 0 Å². The molecule has 0 spiro atoms. The minimum Gasteiger partial charge on any atom is -0.478 e. The van der Waals surface area contributed by atoms with Crippen LogP contribution in [0, 0.1) is 25.7 Å². The summed E-state index contributed by atoms with van der Waals surface area (Å²) < 4.78 is 6.56. The summed E-state index contributed by atoms with van der Waals surface area (Å²) in [6, 6.07) is 1.43. The first kappa shape index (κ1) is 24.1. The van der Waals surface area contributed by atoms with E-state index >= 15 is 0 Å². The van der Waals surface area contributed by atoms with E-state index in [2.05, 4.69) is 15.6 Å². The van der Waals surface area contributed by atoms with Gasteiger partial charge in [-0.2, -0.15) is 4.98 Å². The van der Waals surface area contributed by atoms with Crippen LogP contribution in [0.4, 0.5) is 11.8 Å². The van der Waals surface area contributed by atoms with Gasteiger partial charge in [-0.15, -0.1) is 11.3 Å². The Morgan fingerprint density at radius 2 is 1.89 bits per heavy atom. The molecular weight excluding hydrogens is 468 g/mol. The molecule has 5 rings (SSSR count). The van der Waals surface area contributed by atoms with E-state index in [0.29, 0.717) is 36.6 Å². The summed E-state index contributed by atoms with van der Waals surface area (Å²) >= 11 is 1.51. The van der Waals surface area contributed by atoms with Crippen molar-refractivity contribution in [2.45, 2.75) is 58.3 Å². The molecule has 0 bridgehead atoms. The Morgan fingerprint density at radius 1 is 1.09 bits per heavy atom. The van der Waals surface area contributed by atoms with E-state index in [1.807, 2.05) is 26.8 Å².